The van der Waals surface area contributed by atoms with Crippen LogP contribution in [0.15, 0.2) is 18.2 Å². The number of carbonyl (C=O) groups excluding carboxylic acids is 1. The van der Waals surface area contributed by atoms with Gasteiger partial charge in [-0.1, -0.05) is 6.07 Å². The number of ether oxygens (including phenoxy) is 2. The highest BCUT2D eigenvalue weighted by atomic mass is 32.2. The molecule has 28 heavy (non-hydrogen) atoms. The van der Waals surface area contributed by atoms with Crippen LogP contribution in [0.1, 0.15) is 18.9 Å². The molecule has 8 nitrogen and oxygen atoms in total. The minimum Gasteiger partial charge on any atom is -0.495 e. The average molecular weight is 414 g/mol. The lowest BCUT2D eigenvalue weighted by molar-refractivity contribution is -0.121. The van der Waals surface area contributed by atoms with Gasteiger partial charge in [0.25, 0.3) is 0 Å². The maximum atomic E-state index is 12.6. The molecule has 0 aromatic heterocycles. The van der Waals surface area contributed by atoms with Gasteiger partial charge in [0.1, 0.15) is 11.8 Å². The molecule has 1 amide bonds. The maximum Gasteiger partial charge on any atom is 0.243 e. The lowest BCUT2D eigenvalue weighted by Crippen LogP contribution is -2.48. The molecule has 1 aliphatic rings. The number of methoxy groups -OCH3 is 1. The van der Waals surface area contributed by atoms with Gasteiger partial charge in [0.05, 0.1) is 32.3 Å². The number of anilines is 1. The van der Waals surface area contributed by atoms with E-state index in [1.54, 1.807) is 19.1 Å². The van der Waals surface area contributed by atoms with E-state index in [9.17, 15) is 13.2 Å². The summed E-state index contributed by atoms with van der Waals surface area (Å²) in [5.74, 6) is 0.0685. The van der Waals surface area contributed by atoms with Gasteiger partial charge in [-0.05, 0) is 44.5 Å². The molecular formula is C19H31N3O5S. The van der Waals surface area contributed by atoms with Crippen molar-refractivity contribution in [2.45, 2.75) is 26.3 Å². The summed E-state index contributed by atoms with van der Waals surface area (Å²) in [7, 11) is -2.21. The van der Waals surface area contributed by atoms with Crippen molar-refractivity contribution in [3.05, 3.63) is 23.8 Å². The lowest BCUT2D eigenvalue weighted by Gasteiger charge is -2.30. The van der Waals surface area contributed by atoms with E-state index in [-0.39, 0.29) is 5.91 Å². The number of aryl methyl sites for hydroxylation is 1. The molecule has 1 fully saturated rings. The number of hydrogen-bond acceptors (Lipinski definition) is 6. The van der Waals surface area contributed by atoms with E-state index in [2.05, 4.69) is 10.2 Å². The molecule has 0 bridgehead atoms. The first-order chi connectivity index (χ1) is 13.2. The first kappa shape index (κ1) is 22.4. The molecule has 2 rings (SSSR count). The third kappa shape index (κ3) is 6.08. The molecular weight excluding hydrogens is 382 g/mol. The normalized spacial score (nSPS) is 16.4. The van der Waals surface area contributed by atoms with Gasteiger partial charge in [0.15, 0.2) is 0 Å². The zero-order chi connectivity index (χ0) is 20.7. The predicted molar refractivity (Wildman–Crippen MR) is 109 cm³/mol. The minimum atomic E-state index is -3.69. The first-order valence-electron chi connectivity index (χ1n) is 9.46. The fourth-order valence-corrected chi connectivity index (χ4v) is 4.41. The molecule has 0 spiro atoms. The molecule has 0 unspecified atom stereocenters. The second kappa shape index (κ2) is 10.1. The lowest BCUT2D eigenvalue weighted by atomic mass is 10.2. The van der Waals surface area contributed by atoms with Gasteiger partial charge in [-0.25, -0.2) is 8.42 Å². The van der Waals surface area contributed by atoms with Gasteiger partial charge in [0, 0.05) is 19.6 Å². The summed E-state index contributed by atoms with van der Waals surface area (Å²) >= 11 is 0. The summed E-state index contributed by atoms with van der Waals surface area (Å²) < 4.78 is 36.7. The Balaban J connectivity index is 2.03. The summed E-state index contributed by atoms with van der Waals surface area (Å²) in [6, 6.07) is 4.35. The molecule has 0 radical (unpaired) electrons. The van der Waals surface area contributed by atoms with E-state index in [0.717, 1.165) is 55.4 Å². The van der Waals surface area contributed by atoms with E-state index in [1.165, 1.54) is 7.11 Å². The van der Waals surface area contributed by atoms with Crippen LogP contribution in [0.5, 0.6) is 5.75 Å². The van der Waals surface area contributed by atoms with Gasteiger partial charge < -0.3 is 14.8 Å². The Morgan fingerprint density at radius 2 is 2.04 bits per heavy atom. The van der Waals surface area contributed by atoms with Gasteiger partial charge in [0.2, 0.25) is 15.9 Å². The molecule has 1 heterocycles. The van der Waals surface area contributed by atoms with Crippen molar-refractivity contribution in [2.75, 3.05) is 57.1 Å². The SMILES string of the molecule is COc1ccc(C)cc1N([C@@H](C)C(=O)NCCCN1CCOCC1)S(C)(=O)=O. The highest BCUT2D eigenvalue weighted by Crippen LogP contribution is 2.32. The van der Waals surface area contributed by atoms with Crippen molar-refractivity contribution in [2.24, 2.45) is 0 Å². The number of hydrogen-bond donors (Lipinski definition) is 1. The Labute approximate surface area is 167 Å². The summed E-state index contributed by atoms with van der Waals surface area (Å²) in [5, 5.41) is 2.85. The van der Waals surface area contributed by atoms with Crippen molar-refractivity contribution >= 4 is 21.6 Å². The van der Waals surface area contributed by atoms with E-state index in [0.29, 0.717) is 18.0 Å². The maximum absolute atomic E-state index is 12.6. The molecule has 1 aromatic rings. The smallest absolute Gasteiger partial charge is 0.243 e. The molecule has 1 saturated heterocycles. The predicted octanol–water partition coefficient (Wildman–Crippen LogP) is 0.997. The summed E-state index contributed by atoms with van der Waals surface area (Å²) in [6.07, 6.45) is 1.89. The van der Waals surface area contributed by atoms with E-state index >= 15 is 0 Å². The minimum absolute atomic E-state index is 0.337. The number of carbonyl (C=O) groups is 1. The van der Waals surface area contributed by atoms with Crippen molar-refractivity contribution in [3.63, 3.8) is 0 Å². The number of rotatable bonds is 9. The molecule has 1 aromatic carbocycles. The standard InChI is InChI=1S/C19H31N3O5S/c1-15-6-7-18(26-3)17(14-15)22(28(4,24)25)16(2)19(23)20-8-5-9-21-10-12-27-13-11-21/h6-7,14,16H,5,8-13H2,1-4H3,(H,20,23)/t16-/m0/s1. The van der Waals surface area contributed by atoms with Crippen LogP contribution >= 0.6 is 0 Å². The second-order valence-corrected chi connectivity index (χ2v) is 8.87. The summed E-state index contributed by atoms with van der Waals surface area (Å²) in [5.41, 5.74) is 1.24. The van der Waals surface area contributed by atoms with Crippen LogP contribution < -0.4 is 14.4 Å². The topological polar surface area (TPSA) is 88.2 Å². The van der Waals surface area contributed by atoms with Gasteiger partial charge >= 0.3 is 0 Å². The van der Waals surface area contributed by atoms with E-state index < -0.39 is 16.1 Å². The molecule has 1 atom stereocenters. The van der Waals surface area contributed by atoms with Crippen LogP contribution in [0.3, 0.4) is 0 Å². The number of amides is 1. The van der Waals surface area contributed by atoms with Crippen LogP contribution in [-0.4, -0.2) is 78.0 Å². The zero-order valence-electron chi connectivity index (χ0n) is 17.1. The third-order valence-corrected chi connectivity index (χ3v) is 5.94. The summed E-state index contributed by atoms with van der Waals surface area (Å²) in [6.45, 7) is 8.09. The van der Waals surface area contributed by atoms with Crippen LogP contribution in [0.2, 0.25) is 0 Å². The molecule has 158 valence electrons. The molecule has 0 aliphatic carbocycles. The van der Waals surface area contributed by atoms with Crippen molar-refractivity contribution < 1.29 is 22.7 Å². The highest BCUT2D eigenvalue weighted by molar-refractivity contribution is 7.92. The van der Waals surface area contributed by atoms with Gasteiger partial charge in [-0.3, -0.25) is 14.0 Å². The molecule has 0 saturated carbocycles. The van der Waals surface area contributed by atoms with Crippen LogP contribution in [0.25, 0.3) is 0 Å². The second-order valence-electron chi connectivity index (χ2n) is 7.01. The van der Waals surface area contributed by atoms with Crippen LogP contribution in [0.4, 0.5) is 5.69 Å². The van der Waals surface area contributed by atoms with E-state index in [1.807, 2.05) is 13.0 Å². The quantitative estimate of drug-likeness (QED) is 0.608. The first-order valence-corrected chi connectivity index (χ1v) is 11.3. The van der Waals surface area contributed by atoms with E-state index in [4.69, 9.17) is 9.47 Å². The Kier molecular flexibility index (Phi) is 8.09. The van der Waals surface area contributed by atoms with Gasteiger partial charge in [-0.2, -0.15) is 0 Å². The highest BCUT2D eigenvalue weighted by Gasteiger charge is 2.31. The number of sulfonamides is 1. The number of nitrogens with one attached hydrogen (secondary N) is 1. The Hall–Kier alpha value is -1.84. The zero-order valence-corrected chi connectivity index (χ0v) is 17.9. The largest absolute Gasteiger partial charge is 0.495 e. The van der Waals surface area contributed by atoms with Crippen molar-refractivity contribution in [1.82, 2.24) is 10.2 Å². The Morgan fingerprint density at radius 1 is 1.36 bits per heavy atom. The van der Waals surface area contributed by atoms with Crippen molar-refractivity contribution in [3.8, 4) is 5.75 Å². The summed E-state index contributed by atoms with van der Waals surface area (Å²) in [4.78, 5) is 14.9. The van der Waals surface area contributed by atoms with Gasteiger partial charge in [-0.15, -0.1) is 0 Å². The Morgan fingerprint density at radius 3 is 2.64 bits per heavy atom. The van der Waals surface area contributed by atoms with Crippen LogP contribution in [0, 0.1) is 6.92 Å². The third-order valence-electron chi connectivity index (χ3n) is 4.71. The Bertz CT molecular complexity index is 763. The number of benzene rings is 1. The molecule has 9 heteroatoms. The van der Waals surface area contributed by atoms with Crippen LogP contribution in [-0.2, 0) is 19.6 Å². The molecule has 1 N–H and O–H groups in total. The monoisotopic (exact) mass is 413 g/mol. The average Bonchev–Trinajstić information content (AvgIpc) is 2.65. The van der Waals surface area contributed by atoms with Crippen molar-refractivity contribution in [1.29, 1.82) is 0 Å². The fourth-order valence-electron chi connectivity index (χ4n) is 3.24. The number of morpholine rings is 1. The number of nitrogens with zero attached hydrogens (tertiary/aromatic N) is 2. The fraction of sp³-hybridized carbons (Fsp3) is 0.632. The molecule has 1 aliphatic heterocycles.